The van der Waals surface area contributed by atoms with Gasteiger partial charge >= 0.3 is 0 Å². The minimum Gasteiger partial charge on any atom is -0.489 e. The van der Waals surface area contributed by atoms with Crippen LogP contribution in [0.3, 0.4) is 0 Å². The molecule has 0 bridgehead atoms. The molecule has 0 fully saturated rings. The molecule has 0 aromatic heterocycles. The third kappa shape index (κ3) is 5.81. The highest BCUT2D eigenvalue weighted by Crippen LogP contribution is 2.34. The van der Waals surface area contributed by atoms with Crippen LogP contribution in [0.4, 0.5) is 5.69 Å². The number of rotatable bonds is 8. The molecule has 6 nitrogen and oxygen atoms in total. The summed E-state index contributed by atoms with van der Waals surface area (Å²) in [6, 6.07) is 27.5. The minimum absolute atomic E-state index is 0.113. The first-order valence-corrected chi connectivity index (χ1v) is 13.5. The molecule has 6 heteroatoms. The molecule has 200 valence electrons. The van der Waals surface area contributed by atoms with E-state index in [0.29, 0.717) is 31.7 Å². The number of nitrogens with zero attached hydrogens (tertiary/aromatic N) is 1. The van der Waals surface area contributed by atoms with Crippen LogP contribution in [-0.2, 0) is 29.2 Å². The predicted octanol–water partition coefficient (Wildman–Crippen LogP) is 5.30. The molecule has 5 rings (SSSR count). The summed E-state index contributed by atoms with van der Waals surface area (Å²) < 4.78 is 6.15. The molecule has 1 aliphatic heterocycles. The Morgan fingerprint density at radius 1 is 1.03 bits per heavy atom. The molecule has 0 saturated heterocycles. The quantitative estimate of drug-likeness (QED) is 0.330. The van der Waals surface area contributed by atoms with Gasteiger partial charge in [-0.15, -0.1) is 0 Å². The molecule has 0 radical (unpaired) electrons. The highest BCUT2D eigenvalue weighted by molar-refractivity contribution is 6.01. The van der Waals surface area contributed by atoms with Crippen LogP contribution in [0.25, 0.3) is 10.8 Å². The van der Waals surface area contributed by atoms with Crippen LogP contribution in [0.2, 0.25) is 0 Å². The summed E-state index contributed by atoms with van der Waals surface area (Å²) in [4.78, 5) is 28.8. The lowest BCUT2D eigenvalue weighted by atomic mass is 9.98. The Kier molecular flexibility index (Phi) is 7.94. The fraction of sp³-hybridized carbons (Fsp3) is 0.273. The van der Waals surface area contributed by atoms with E-state index in [4.69, 9.17) is 4.74 Å². The molecule has 1 aliphatic rings. The van der Waals surface area contributed by atoms with Crippen LogP contribution in [0, 0.1) is 6.92 Å². The number of amides is 2. The van der Waals surface area contributed by atoms with Gasteiger partial charge in [-0.25, -0.2) is 0 Å². The number of hydrogen-bond donors (Lipinski definition) is 2. The van der Waals surface area contributed by atoms with Crippen molar-refractivity contribution in [3.05, 3.63) is 107 Å². The van der Waals surface area contributed by atoms with Crippen molar-refractivity contribution in [3.8, 4) is 5.75 Å². The number of likely N-dealkylation sites (N-methyl/N-ethyl adjacent to an activating group) is 1. The topological polar surface area (TPSA) is 70.7 Å². The predicted molar refractivity (Wildman–Crippen MR) is 156 cm³/mol. The Bertz CT molecular complexity index is 1480. The van der Waals surface area contributed by atoms with Crippen LogP contribution in [-0.4, -0.2) is 30.9 Å². The molecule has 2 atom stereocenters. The number of anilines is 1. The number of carbonyl (C=O) groups excluding carboxylic acids is 2. The van der Waals surface area contributed by atoms with Gasteiger partial charge in [-0.3, -0.25) is 9.59 Å². The van der Waals surface area contributed by atoms with Crippen LogP contribution in [0.5, 0.6) is 5.75 Å². The molecule has 0 aliphatic carbocycles. The molecule has 1 heterocycles. The third-order valence-electron chi connectivity index (χ3n) is 7.60. The average Bonchev–Trinajstić information content (AvgIpc) is 3.09. The monoisotopic (exact) mass is 521 g/mol. The Labute approximate surface area is 230 Å². The lowest BCUT2D eigenvalue weighted by Crippen LogP contribution is -2.52. The van der Waals surface area contributed by atoms with E-state index < -0.39 is 12.1 Å². The van der Waals surface area contributed by atoms with Gasteiger partial charge in [0.05, 0.1) is 18.3 Å². The maximum Gasteiger partial charge on any atom is 0.249 e. The molecule has 39 heavy (non-hydrogen) atoms. The van der Waals surface area contributed by atoms with Gasteiger partial charge in [0, 0.05) is 6.07 Å². The van der Waals surface area contributed by atoms with Crippen LogP contribution < -0.4 is 20.3 Å². The summed E-state index contributed by atoms with van der Waals surface area (Å²) >= 11 is 0. The van der Waals surface area contributed by atoms with Crippen molar-refractivity contribution in [1.82, 2.24) is 10.6 Å². The Hall–Kier alpha value is -4.16. The summed E-state index contributed by atoms with van der Waals surface area (Å²) in [5.74, 6) is 0.407. The first-order chi connectivity index (χ1) is 18.9. The Morgan fingerprint density at radius 3 is 2.59 bits per heavy atom. The number of carbonyl (C=O) groups is 2. The second-order valence-corrected chi connectivity index (χ2v) is 10.2. The molecular formula is C33H35N3O3. The Morgan fingerprint density at radius 2 is 1.79 bits per heavy atom. The van der Waals surface area contributed by atoms with Crippen LogP contribution in [0.1, 0.15) is 35.6 Å². The lowest BCUT2D eigenvalue weighted by molar-refractivity contribution is -0.128. The number of hydrogen-bond acceptors (Lipinski definition) is 4. The number of nitrogens with one attached hydrogen (secondary N) is 2. The largest absolute Gasteiger partial charge is 0.489 e. The second kappa shape index (κ2) is 11.7. The van der Waals surface area contributed by atoms with E-state index in [9.17, 15) is 9.59 Å². The number of ether oxygens (including phenoxy) is 1. The smallest absolute Gasteiger partial charge is 0.249 e. The number of fused-ring (bicyclic) bond motifs is 2. The molecule has 2 amide bonds. The maximum atomic E-state index is 14.1. The van der Waals surface area contributed by atoms with E-state index in [1.807, 2.05) is 65.6 Å². The zero-order valence-electron chi connectivity index (χ0n) is 22.7. The molecular weight excluding hydrogens is 486 g/mol. The van der Waals surface area contributed by atoms with Crippen molar-refractivity contribution in [1.29, 1.82) is 0 Å². The van der Waals surface area contributed by atoms with Crippen LogP contribution in [0.15, 0.2) is 84.9 Å². The van der Waals surface area contributed by atoms with Gasteiger partial charge in [-0.2, -0.15) is 0 Å². The van der Waals surface area contributed by atoms with Crippen molar-refractivity contribution in [3.63, 3.8) is 0 Å². The molecule has 0 saturated carbocycles. The summed E-state index contributed by atoms with van der Waals surface area (Å²) in [5, 5.41) is 8.22. The highest BCUT2D eigenvalue weighted by atomic mass is 16.5. The third-order valence-corrected chi connectivity index (χ3v) is 7.60. The van der Waals surface area contributed by atoms with E-state index in [1.165, 1.54) is 0 Å². The Balaban J connectivity index is 1.52. The van der Waals surface area contributed by atoms with E-state index in [0.717, 1.165) is 38.7 Å². The fourth-order valence-corrected chi connectivity index (χ4v) is 5.10. The van der Waals surface area contributed by atoms with Crippen molar-refractivity contribution in [2.24, 2.45) is 0 Å². The van der Waals surface area contributed by atoms with Crippen molar-refractivity contribution in [2.45, 2.75) is 51.9 Å². The van der Waals surface area contributed by atoms with E-state index in [2.05, 4.69) is 41.8 Å². The SMILES string of the molecule is CN[C@@H](C)C(=O)N[C@H]1CCc2ccc(OCc3ccccc3)cc2N(Cc2c(C)ccc3ccccc23)C1=O. The number of benzene rings is 4. The van der Waals surface area contributed by atoms with Crippen molar-refractivity contribution in [2.75, 3.05) is 11.9 Å². The van der Waals surface area contributed by atoms with Gasteiger partial charge in [-0.1, -0.05) is 72.8 Å². The van der Waals surface area contributed by atoms with Gasteiger partial charge in [0.1, 0.15) is 18.4 Å². The van der Waals surface area contributed by atoms with Gasteiger partial charge in [0.2, 0.25) is 11.8 Å². The van der Waals surface area contributed by atoms with Gasteiger partial charge in [-0.05, 0) is 72.8 Å². The molecule has 2 N–H and O–H groups in total. The average molecular weight is 522 g/mol. The molecule has 0 unspecified atom stereocenters. The van der Waals surface area contributed by atoms with E-state index >= 15 is 0 Å². The fourth-order valence-electron chi connectivity index (χ4n) is 5.10. The van der Waals surface area contributed by atoms with Gasteiger partial charge in [0.25, 0.3) is 0 Å². The molecule has 0 spiro atoms. The summed E-state index contributed by atoms with van der Waals surface area (Å²) in [6.45, 7) is 4.71. The summed E-state index contributed by atoms with van der Waals surface area (Å²) in [5.41, 5.74) is 5.18. The second-order valence-electron chi connectivity index (χ2n) is 10.2. The normalized spacial score (nSPS) is 15.9. The zero-order valence-corrected chi connectivity index (χ0v) is 22.7. The molecule has 4 aromatic carbocycles. The lowest BCUT2D eigenvalue weighted by Gasteiger charge is -2.28. The minimum atomic E-state index is -0.621. The first-order valence-electron chi connectivity index (χ1n) is 13.5. The van der Waals surface area contributed by atoms with Gasteiger partial charge in [0.15, 0.2) is 0 Å². The van der Waals surface area contributed by atoms with Crippen molar-refractivity contribution >= 4 is 28.3 Å². The highest BCUT2D eigenvalue weighted by Gasteiger charge is 2.33. The zero-order chi connectivity index (χ0) is 27.4. The van der Waals surface area contributed by atoms with Gasteiger partial charge < -0.3 is 20.3 Å². The standard InChI is InChI=1S/C33H35N3O3/c1-22-13-14-25-11-7-8-12-28(25)29(22)20-36-31-19-27(39-21-24-9-5-4-6-10-24)17-15-26(31)16-18-30(33(36)38)35-32(37)23(2)34-3/h4-15,17,19,23,30,34H,16,18,20-21H2,1-3H3,(H,35,37)/t23-,30-/m0/s1. The maximum absolute atomic E-state index is 14.1. The summed E-state index contributed by atoms with van der Waals surface area (Å²) in [6.07, 6.45) is 1.20. The summed E-state index contributed by atoms with van der Waals surface area (Å²) in [7, 11) is 1.74. The number of aryl methyl sites for hydroxylation is 2. The van der Waals surface area contributed by atoms with E-state index in [-0.39, 0.29) is 11.8 Å². The van der Waals surface area contributed by atoms with E-state index in [1.54, 1.807) is 14.0 Å². The van der Waals surface area contributed by atoms with Crippen molar-refractivity contribution < 1.29 is 14.3 Å². The molecule has 4 aromatic rings. The van der Waals surface area contributed by atoms with Crippen LogP contribution >= 0.6 is 0 Å². The first kappa shape index (κ1) is 26.4.